The van der Waals surface area contributed by atoms with Crippen LogP contribution in [-0.2, 0) is 16.1 Å². The van der Waals surface area contributed by atoms with Crippen LogP contribution >= 0.6 is 0 Å². The van der Waals surface area contributed by atoms with E-state index >= 15 is 0 Å². The summed E-state index contributed by atoms with van der Waals surface area (Å²) in [5.41, 5.74) is 11.3. The number of primary amides is 1. The van der Waals surface area contributed by atoms with Gasteiger partial charge in [0.05, 0.1) is 5.69 Å². The first-order valence-corrected chi connectivity index (χ1v) is 9.08. The molecule has 5 N–H and O–H groups in total. The first-order chi connectivity index (χ1) is 14.6. The van der Waals surface area contributed by atoms with Gasteiger partial charge in [0, 0.05) is 29.7 Å². The Labute approximate surface area is 174 Å². The lowest BCUT2D eigenvalue weighted by Gasteiger charge is -2.24. The van der Waals surface area contributed by atoms with Crippen LogP contribution in [-0.4, -0.2) is 38.8 Å². The third-order valence-electron chi connectivity index (χ3n) is 4.99. The van der Waals surface area contributed by atoms with Crippen LogP contribution in [0.25, 0.3) is 11.3 Å². The van der Waals surface area contributed by atoms with E-state index in [9.17, 15) is 23.2 Å². The molecule has 1 atom stereocenters. The van der Waals surface area contributed by atoms with E-state index in [1.54, 1.807) is 12.1 Å². The number of amides is 2. The van der Waals surface area contributed by atoms with Gasteiger partial charge in [-0.25, -0.2) is 13.8 Å². The molecule has 0 aliphatic carbocycles. The average molecular weight is 429 g/mol. The Morgan fingerprint density at radius 2 is 2.03 bits per heavy atom. The van der Waals surface area contributed by atoms with Gasteiger partial charge < -0.3 is 21.5 Å². The summed E-state index contributed by atoms with van der Waals surface area (Å²) in [6, 6.07) is 6.07. The Kier molecular flexibility index (Phi) is 5.83. The standard InChI is InChI=1S/C20H17F2N5O4/c21-17(22)12-6-14(26-18(24)13(12)7-23)9-1-2-11-10(5-9)8-27(20(11)31)15(19(25)30)3-4-16(28)29/h1-2,5-6,15,17H,3-4,8H2,(H2,24,26)(H2,25,30)(H,28,29)/t15-/m0/s1. The Bertz CT molecular complexity index is 1130. The zero-order valence-corrected chi connectivity index (χ0v) is 16.0. The number of hydrogen-bond donors (Lipinski definition) is 3. The normalized spacial score (nSPS) is 13.7. The molecule has 0 radical (unpaired) electrons. The van der Waals surface area contributed by atoms with Gasteiger partial charge in [-0.2, -0.15) is 5.26 Å². The molecule has 2 amide bonds. The fourth-order valence-electron chi connectivity index (χ4n) is 3.49. The fourth-order valence-corrected chi connectivity index (χ4v) is 3.49. The van der Waals surface area contributed by atoms with Crippen molar-refractivity contribution in [2.75, 3.05) is 5.73 Å². The van der Waals surface area contributed by atoms with E-state index in [4.69, 9.17) is 21.8 Å². The first kappa shape index (κ1) is 21.6. The number of nitriles is 1. The zero-order chi connectivity index (χ0) is 22.9. The van der Waals surface area contributed by atoms with Gasteiger partial charge in [0.1, 0.15) is 23.5 Å². The van der Waals surface area contributed by atoms with E-state index in [0.717, 1.165) is 6.07 Å². The number of hydrogen-bond acceptors (Lipinski definition) is 6. The van der Waals surface area contributed by atoms with Crippen LogP contribution in [0, 0.1) is 11.3 Å². The molecule has 160 valence electrons. The van der Waals surface area contributed by atoms with E-state index in [-0.39, 0.29) is 36.5 Å². The second-order valence-corrected chi connectivity index (χ2v) is 6.93. The van der Waals surface area contributed by atoms with Crippen molar-refractivity contribution in [3.05, 3.63) is 46.5 Å². The number of nitrogens with two attached hydrogens (primary N) is 2. The highest BCUT2D eigenvalue weighted by molar-refractivity contribution is 6.01. The number of benzene rings is 1. The minimum Gasteiger partial charge on any atom is -0.481 e. The predicted octanol–water partition coefficient (Wildman–Crippen LogP) is 1.81. The average Bonchev–Trinajstić information content (AvgIpc) is 3.02. The summed E-state index contributed by atoms with van der Waals surface area (Å²) in [6.07, 6.45) is -3.41. The van der Waals surface area contributed by atoms with Crippen LogP contribution in [0.1, 0.15) is 46.3 Å². The van der Waals surface area contributed by atoms with E-state index < -0.39 is 41.4 Å². The van der Waals surface area contributed by atoms with Gasteiger partial charge in [0.15, 0.2) is 0 Å². The van der Waals surface area contributed by atoms with E-state index in [1.165, 1.54) is 17.0 Å². The van der Waals surface area contributed by atoms with Crippen molar-refractivity contribution in [3.63, 3.8) is 0 Å². The second-order valence-electron chi connectivity index (χ2n) is 6.93. The van der Waals surface area contributed by atoms with Crippen LogP contribution < -0.4 is 11.5 Å². The molecule has 0 spiro atoms. The summed E-state index contributed by atoms with van der Waals surface area (Å²) < 4.78 is 26.7. The molecule has 1 aromatic carbocycles. The topological polar surface area (TPSA) is 163 Å². The van der Waals surface area contributed by atoms with Crippen molar-refractivity contribution in [1.82, 2.24) is 9.88 Å². The number of anilines is 1. The number of nitrogen functional groups attached to an aromatic ring is 1. The van der Waals surface area contributed by atoms with Crippen LogP contribution in [0.15, 0.2) is 24.3 Å². The van der Waals surface area contributed by atoms with Crippen molar-refractivity contribution in [2.24, 2.45) is 5.73 Å². The molecule has 1 aliphatic rings. The number of carboxylic acid groups (broad SMARTS) is 1. The summed E-state index contributed by atoms with van der Waals surface area (Å²) in [5.74, 6) is -2.78. The molecule has 0 bridgehead atoms. The van der Waals surface area contributed by atoms with Crippen LogP contribution in [0.2, 0.25) is 0 Å². The summed E-state index contributed by atoms with van der Waals surface area (Å²) in [6.45, 7) is -0.0112. The monoisotopic (exact) mass is 429 g/mol. The smallest absolute Gasteiger partial charge is 0.303 e. The second kappa shape index (κ2) is 8.35. The number of aromatic nitrogens is 1. The highest BCUT2D eigenvalue weighted by atomic mass is 19.3. The lowest BCUT2D eigenvalue weighted by molar-refractivity contribution is -0.137. The lowest BCUT2D eigenvalue weighted by atomic mass is 10.0. The third-order valence-corrected chi connectivity index (χ3v) is 4.99. The first-order valence-electron chi connectivity index (χ1n) is 9.08. The SMILES string of the molecule is N#Cc1c(C(F)F)cc(-c2ccc3c(c2)CN([C@@H](CCC(=O)O)C(N)=O)C3=O)nc1N. The van der Waals surface area contributed by atoms with Crippen molar-refractivity contribution in [2.45, 2.75) is 31.9 Å². The highest BCUT2D eigenvalue weighted by Gasteiger charge is 2.35. The number of rotatable bonds is 7. The van der Waals surface area contributed by atoms with Crippen molar-refractivity contribution >= 4 is 23.6 Å². The van der Waals surface area contributed by atoms with Gasteiger partial charge in [-0.05, 0) is 30.2 Å². The minimum atomic E-state index is -2.93. The van der Waals surface area contributed by atoms with Gasteiger partial charge >= 0.3 is 5.97 Å². The summed E-state index contributed by atoms with van der Waals surface area (Å²) >= 11 is 0. The number of nitrogens with zero attached hydrogens (tertiary/aromatic N) is 3. The van der Waals surface area contributed by atoms with Crippen LogP contribution in [0.3, 0.4) is 0 Å². The number of carbonyl (C=O) groups excluding carboxylic acids is 2. The molecule has 31 heavy (non-hydrogen) atoms. The predicted molar refractivity (Wildman–Crippen MR) is 103 cm³/mol. The van der Waals surface area contributed by atoms with Crippen molar-refractivity contribution in [3.8, 4) is 17.3 Å². The van der Waals surface area contributed by atoms with Crippen LogP contribution in [0.4, 0.5) is 14.6 Å². The van der Waals surface area contributed by atoms with Crippen molar-refractivity contribution < 1.29 is 28.3 Å². The molecule has 0 unspecified atom stereocenters. The van der Waals surface area contributed by atoms with Crippen LogP contribution in [0.5, 0.6) is 0 Å². The van der Waals surface area contributed by atoms with Gasteiger partial charge in [-0.15, -0.1) is 0 Å². The maximum atomic E-state index is 13.3. The highest BCUT2D eigenvalue weighted by Crippen LogP contribution is 2.33. The number of carbonyl (C=O) groups is 3. The summed E-state index contributed by atoms with van der Waals surface area (Å²) in [5, 5.41) is 17.9. The molecule has 3 rings (SSSR count). The molecule has 1 aromatic heterocycles. The molecule has 9 nitrogen and oxygen atoms in total. The largest absolute Gasteiger partial charge is 0.481 e. The number of pyridine rings is 1. The molecule has 2 aromatic rings. The van der Waals surface area contributed by atoms with Gasteiger partial charge in [0.2, 0.25) is 5.91 Å². The number of carboxylic acids is 1. The number of fused-ring (bicyclic) bond motifs is 1. The molecular weight excluding hydrogens is 412 g/mol. The third kappa shape index (κ3) is 4.13. The van der Waals surface area contributed by atoms with Gasteiger partial charge in [0.25, 0.3) is 12.3 Å². The van der Waals surface area contributed by atoms with E-state index in [1.807, 2.05) is 0 Å². The lowest BCUT2D eigenvalue weighted by Crippen LogP contribution is -2.45. The number of alkyl halides is 2. The maximum Gasteiger partial charge on any atom is 0.303 e. The Hall–Kier alpha value is -4.07. The molecule has 0 saturated carbocycles. The molecular formula is C20H17F2N5O4. The quantitative estimate of drug-likeness (QED) is 0.604. The van der Waals surface area contributed by atoms with E-state index in [2.05, 4.69) is 4.98 Å². The molecule has 2 heterocycles. The van der Waals surface area contributed by atoms with Gasteiger partial charge in [-0.3, -0.25) is 14.4 Å². The number of halogens is 2. The molecule has 0 saturated heterocycles. The molecule has 0 fully saturated rings. The summed E-state index contributed by atoms with van der Waals surface area (Å²) in [4.78, 5) is 40.6. The minimum absolute atomic E-state index is 0.0112. The maximum absolute atomic E-state index is 13.3. The Balaban J connectivity index is 1.96. The van der Waals surface area contributed by atoms with E-state index in [0.29, 0.717) is 11.1 Å². The molecule has 1 aliphatic heterocycles. The zero-order valence-electron chi connectivity index (χ0n) is 16.0. The Morgan fingerprint density at radius 1 is 1.32 bits per heavy atom. The van der Waals surface area contributed by atoms with Gasteiger partial charge in [-0.1, -0.05) is 6.07 Å². The summed E-state index contributed by atoms with van der Waals surface area (Å²) in [7, 11) is 0. The number of aliphatic carboxylic acids is 1. The molecule has 11 heteroatoms. The Morgan fingerprint density at radius 3 is 2.61 bits per heavy atom. The fraction of sp³-hybridized carbons (Fsp3) is 0.250. The van der Waals surface area contributed by atoms with Crippen molar-refractivity contribution in [1.29, 1.82) is 5.26 Å².